The number of fused-ring (bicyclic) bond motifs is 1. The van der Waals surface area contributed by atoms with Crippen molar-refractivity contribution in [2.75, 3.05) is 19.5 Å². The van der Waals surface area contributed by atoms with E-state index in [0.717, 1.165) is 12.0 Å². The normalized spacial score (nSPS) is 24.1. The van der Waals surface area contributed by atoms with E-state index in [-0.39, 0.29) is 11.3 Å². The Morgan fingerprint density at radius 3 is 2.81 bits per heavy atom. The number of esters is 1. The van der Waals surface area contributed by atoms with Crippen molar-refractivity contribution in [3.8, 4) is 0 Å². The van der Waals surface area contributed by atoms with Crippen LogP contribution in [-0.2, 0) is 19.1 Å². The van der Waals surface area contributed by atoms with Gasteiger partial charge in [-0.3, -0.25) is 9.69 Å². The van der Waals surface area contributed by atoms with Crippen molar-refractivity contribution in [2.45, 2.75) is 31.7 Å². The van der Waals surface area contributed by atoms with Gasteiger partial charge in [-0.05, 0) is 18.9 Å². The van der Waals surface area contributed by atoms with Crippen LogP contribution in [0.2, 0.25) is 0 Å². The second kappa shape index (κ2) is 6.38. The van der Waals surface area contributed by atoms with Gasteiger partial charge >= 0.3 is 12.1 Å². The van der Waals surface area contributed by atoms with Gasteiger partial charge in [0.25, 0.3) is 5.91 Å². The molecule has 116 valence electrons. The van der Waals surface area contributed by atoms with E-state index in [9.17, 15) is 14.4 Å². The zero-order chi connectivity index (χ0) is 15.6. The number of carbonyl (C=O) groups is 3. The van der Waals surface area contributed by atoms with E-state index < -0.39 is 18.1 Å². The summed E-state index contributed by atoms with van der Waals surface area (Å²) in [5.41, 5.74) is 1.11. The molecular formula is C13H18N2O5S. The van der Waals surface area contributed by atoms with Crippen LogP contribution in [0.25, 0.3) is 0 Å². The topological polar surface area (TPSA) is 84.9 Å². The zero-order valence-electron chi connectivity index (χ0n) is 12.2. The molecular weight excluding hydrogens is 296 g/mol. The quantitative estimate of drug-likeness (QED) is 0.612. The van der Waals surface area contributed by atoms with Crippen molar-refractivity contribution in [3.63, 3.8) is 0 Å². The average Bonchev–Trinajstić information content (AvgIpc) is 2.49. The van der Waals surface area contributed by atoms with Crippen molar-refractivity contribution < 1.29 is 23.9 Å². The number of β-lactam (4-membered cyclic amide) rings is 1. The predicted molar refractivity (Wildman–Crippen MR) is 76.4 cm³/mol. The summed E-state index contributed by atoms with van der Waals surface area (Å²) < 4.78 is 9.63. The molecule has 0 unspecified atom stereocenters. The smallest absolute Gasteiger partial charge is 0.407 e. The van der Waals surface area contributed by atoms with Crippen molar-refractivity contribution in [1.29, 1.82) is 0 Å². The summed E-state index contributed by atoms with van der Waals surface area (Å²) in [6.45, 7) is 4.03. The molecule has 2 rings (SSSR count). The molecule has 0 bridgehead atoms. The molecule has 8 heteroatoms. The Kier molecular flexibility index (Phi) is 4.76. The van der Waals surface area contributed by atoms with Crippen molar-refractivity contribution in [3.05, 3.63) is 11.3 Å². The molecule has 0 aromatic heterocycles. The van der Waals surface area contributed by atoms with E-state index in [4.69, 9.17) is 4.74 Å². The molecule has 2 amide bonds. The number of nitrogens with zero attached hydrogens (tertiary/aromatic N) is 1. The molecule has 7 nitrogen and oxygen atoms in total. The summed E-state index contributed by atoms with van der Waals surface area (Å²) >= 11 is 1.50. The van der Waals surface area contributed by atoms with Crippen LogP contribution in [0.15, 0.2) is 11.3 Å². The molecule has 2 heterocycles. The van der Waals surface area contributed by atoms with Crippen LogP contribution in [0.3, 0.4) is 0 Å². The number of rotatable bonds is 4. The lowest BCUT2D eigenvalue weighted by atomic mass is 10.0. The highest BCUT2D eigenvalue weighted by Crippen LogP contribution is 2.40. The maximum atomic E-state index is 12.2. The number of hydrogen-bond acceptors (Lipinski definition) is 6. The average molecular weight is 314 g/mol. The van der Waals surface area contributed by atoms with Crippen molar-refractivity contribution >= 4 is 29.7 Å². The van der Waals surface area contributed by atoms with Gasteiger partial charge in [0.2, 0.25) is 0 Å². The van der Waals surface area contributed by atoms with Crippen LogP contribution in [-0.4, -0.2) is 53.8 Å². The van der Waals surface area contributed by atoms with Gasteiger partial charge in [0.05, 0.1) is 13.7 Å². The number of amides is 2. The highest BCUT2D eigenvalue weighted by atomic mass is 32.2. The Morgan fingerprint density at radius 2 is 2.19 bits per heavy atom. The fourth-order valence-corrected chi connectivity index (χ4v) is 3.50. The van der Waals surface area contributed by atoms with Crippen molar-refractivity contribution in [2.24, 2.45) is 0 Å². The predicted octanol–water partition coefficient (Wildman–Crippen LogP) is 0.853. The van der Waals surface area contributed by atoms with Crippen molar-refractivity contribution in [1.82, 2.24) is 10.2 Å². The van der Waals surface area contributed by atoms with Crippen LogP contribution >= 0.6 is 11.8 Å². The molecule has 2 aliphatic rings. The molecule has 0 aromatic carbocycles. The molecule has 0 aliphatic carbocycles. The summed E-state index contributed by atoms with van der Waals surface area (Å²) in [4.78, 5) is 36.9. The molecule has 0 aromatic rings. The number of alkyl carbamates (subject to hydrolysis) is 1. The number of ether oxygens (including phenoxy) is 2. The highest BCUT2D eigenvalue weighted by molar-refractivity contribution is 8.00. The van der Waals surface area contributed by atoms with Gasteiger partial charge in [-0.2, -0.15) is 0 Å². The summed E-state index contributed by atoms with van der Waals surface area (Å²) in [6, 6.07) is -0.662. The van der Waals surface area contributed by atoms with Crippen LogP contribution in [0.1, 0.15) is 20.3 Å². The Morgan fingerprint density at radius 1 is 1.48 bits per heavy atom. The Balaban J connectivity index is 2.12. The molecule has 0 radical (unpaired) electrons. The van der Waals surface area contributed by atoms with E-state index >= 15 is 0 Å². The Labute approximate surface area is 127 Å². The molecule has 0 spiro atoms. The van der Waals surface area contributed by atoms with Crippen LogP contribution in [0.5, 0.6) is 0 Å². The summed E-state index contributed by atoms with van der Waals surface area (Å²) in [5, 5.41) is 2.20. The molecule has 21 heavy (non-hydrogen) atoms. The van der Waals surface area contributed by atoms with E-state index in [1.807, 2.05) is 6.92 Å². The minimum absolute atomic E-state index is 0.288. The molecule has 1 N–H and O–H groups in total. The first-order chi connectivity index (χ1) is 10.0. The SMILES string of the molecule is CCCOC(=O)C1=C(C)CS[C@@H]2[C@H](NC(=O)OC)C(=O)N12. The number of nitrogens with one attached hydrogen (secondary N) is 1. The Bertz CT molecular complexity index is 505. The summed E-state index contributed by atoms with van der Waals surface area (Å²) in [5.74, 6) is -0.186. The highest BCUT2D eigenvalue weighted by Gasteiger charge is 2.54. The molecule has 1 saturated heterocycles. The van der Waals surface area contributed by atoms with Gasteiger partial charge < -0.3 is 14.8 Å². The van der Waals surface area contributed by atoms with E-state index in [0.29, 0.717) is 18.1 Å². The number of thioether (sulfide) groups is 1. The third-order valence-corrected chi connectivity index (χ3v) is 4.67. The molecule has 0 saturated carbocycles. The van der Waals surface area contributed by atoms with Gasteiger partial charge in [0.1, 0.15) is 17.1 Å². The minimum atomic E-state index is -0.662. The lowest BCUT2D eigenvalue weighted by Crippen LogP contribution is -2.70. The standard InChI is InChI=1S/C13H18N2O5S/c1-4-5-20-12(17)9-7(2)6-21-11-8(10(16)15(9)11)14-13(18)19-3/h8,11H,4-6H2,1-3H3,(H,14,18)/t8-,11-/m1/s1. The molecule has 1 fully saturated rings. The fourth-order valence-electron chi connectivity index (χ4n) is 2.21. The Hall–Kier alpha value is -1.70. The van der Waals surface area contributed by atoms with Crippen LogP contribution in [0.4, 0.5) is 4.79 Å². The van der Waals surface area contributed by atoms with E-state index in [2.05, 4.69) is 10.1 Å². The monoisotopic (exact) mass is 314 g/mol. The number of carbonyl (C=O) groups excluding carboxylic acids is 3. The largest absolute Gasteiger partial charge is 0.461 e. The van der Waals surface area contributed by atoms with E-state index in [1.165, 1.54) is 23.8 Å². The third-order valence-electron chi connectivity index (χ3n) is 3.25. The van der Waals surface area contributed by atoms with E-state index in [1.54, 1.807) is 6.92 Å². The lowest BCUT2D eigenvalue weighted by molar-refractivity contribution is -0.151. The maximum absolute atomic E-state index is 12.2. The maximum Gasteiger partial charge on any atom is 0.407 e. The fraction of sp³-hybridized carbons (Fsp3) is 0.615. The van der Waals surface area contributed by atoms with Gasteiger partial charge in [-0.1, -0.05) is 6.92 Å². The first-order valence-corrected chi connectivity index (χ1v) is 7.72. The number of hydrogen-bond donors (Lipinski definition) is 1. The van der Waals surface area contributed by atoms with Gasteiger partial charge in [0, 0.05) is 5.75 Å². The van der Waals surface area contributed by atoms with Crippen LogP contribution in [0, 0.1) is 0 Å². The first-order valence-electron chi connectivity index (χ1n) is 6.67. The molecule has 2 atom stereocenters. The lowest BCUT2D eigenvalue weighted by Gasteiger charge is -2.49. The van der Waals surface area contributed by atoms with Gasteiger partial charge in [0.15, 0.2) is 0 Å². The minimum Gasteiger partial charge on any atom is -0.461 e. The third kappa shape index (κ3) is 2.85. The van der Waals surface area contributed by atoms with Gasteiger partial charge in [-0.25, -0.2) is 9.59 Å². The zero-order valence-corrected chi connectivity index (χ0v) is 13.0. The second-order valence-electron chi connectivity index (χ2n) is 4.79. The van der Waals surface area contributed by atoms with Crippen LogP contribution < -0.4 is 5.32 Å². The second-order valence-corrected chi connectivity index (χ2v) is 5.89. The first kappa shape index (κ1) is 15.7. The van der Waals surface area contributed by atoms with Gasteiger partial charge in [-0.15, -0.1) is 11.8 Å². The number of methoxy groups -OCH3 is 1. The summed E-state index contributed by atoms with van der Waals surface area (Å²) in [7, 11) is 1.24. The summed E-state index contributed by atoms with van der Waals surface area (Å²) in [6.07, 6.45) is 0.0615. The molecule has 2 aliphatic heterocycles.